The van der Waals surface area contributed by atoms with E-state index in [-0.39, 0.29) is 34.0 Å². The zero-order chi connectivity index (χ0) is 36.7. The van der Waals surface area contributed by atoms with E-state index in [0.717, 1.165) is 23.3 Å². The van der Waals surface area contributed by atoms with Gasteiger partial charge in [0.1, 0.15) is 5.82 Å². The van der Waals surface area contributed by atoms with Crippen LogP contribution in [0.25, 0.3) is 11.1 Å². The second kappa shape index (κ2) is 15.2. The lowest BCUT2D eigenvalue weighted by molar-refractivity contribution is -0.0962. The summed E-state index contributed by atoms with van der Waals surface area (Å²) in [5.74, 6) is -3.77. The highest BCUT2D eigenvalue weighted by atomic mass is 19.4. The Balaban J connectivity index is 0.000000204. The Bertz CT molecular complexity index is 1930. The van der Waals surface area contributed by atoms with Crippen molar-refractivity contribution in [3.8, 4) is 11.1 Å². The molecule has 1 aromatic heterocycles. The summed E-state index contributed by atoms with van der Waals surface area (Å²) >= 11 is 0. The summed E-state index contributed by atoms with van der Waals surface area (Å²) in [6.07, 6.45) is -1.23. The molecule has 0 unspecified atom stereocenters. The summed E-state index contributed by atoms with van der Waals surface area (Å²) in [6, 6.07) is 16.4. The fourth-order valence-electron chi connectivity index (χ4n) is 4.44. The number of amides is 1. The maximum atomic E-state index is 13.5. The second-order valence-corrected chi connectivity index (χ2v) is 10.6. The Morgan fingerprint density at radius 3 is 2.06 bits per heavy atom. The van der Waals surface area contributed by atoms with Gasteiger partial charge in [0.15, 0.2) is 0 Å². The molecular formula is C33H32F4N6O6. The number of halogens is 4. The van der Waals surface area contributed by atoms with Crippen molar-refractivity contribution in [2.45, 2.75) is 25.2 Å². The first-order valence-corrected chi connectivity index (χ1v) is 14.0. The molecule has 1 amide bonds. The number of carboxylic acids is 2. The molecule has 0 atom stereocenters. The van der Waals surface area contributed by atoms with Gasteiger partial charge in [-0.15, -0.1) is 0 Å². The van der Waals surface area contributed by atoms with Gasteiger partial charge in [-0.2, -0.15) is 13.2 Å². The van der Waals surface area contributed by atoms with Crippen LogP contribution in [0.15, 0.2) is 101 Å². The van der Waals surface area contributed by atoms with Crippen LogP contribution in [-0.4, -0.2) is 39.9 Å². The van der Waals surface area contributed by atoms with E-state index in [4.69, 9.17) is 43.3 Å². The third kappa shape index (κ3) is 9.93. The van der Waals surface area contributed by atoms with Gasteiger partial charge in [0.25, 0.3) is 5.91 Å². The molecule has 16 heteroatoms. The van der Waals surface area contributed by atoms with Crippen LogP contribution in [0.2, 0.25) is 0 Å². The number of alkyl halides is 3. The van der Waals surface area contributed by atoms with Crippen LogP contribution in [0, 0.1) is 12.7 Å². The molecule has 1 aliphatic carbocycles. The number of furan rings is 1. The number of rotatable bonds is 5. The average molecular weight is 685 g/mol. The number of nitrogens with two attached hydrogens (primary N) is 5. The van der Waals surface area contributed by atoms with E-state index in [1.165, 1.54) is 48.7 Å². The zero-order valence-electron chi connectivity index (χ0n) is 25.7. The Kier molecular flexibility index (Phi) is 11.6. The summed E-state index contributed by atoms with van der Waals surface area (Å²) in [6.45, 7) is 1.88. The first-order chi connectivity index (χ1) is 22.8. The van der Waals surface area contributed by atoms with Crippen LogP contribution in [0.3, 0.4) is 0 Å². The number of carbonyl (C=O) groups excluding carboxylic acids is 1. The van der Waals surface area contributed by atoms with Crippen molar-refractivity contribution in [3.05, 3.63) is 125 Å². The van der Waals surface area contributed by atoms with Crippen molar-refractivity contribution in [1.29, 1.82) is 0 Å². The van der Waals surface area contributed by atoms with Gasteiger partial charge in [0.05, 0.1) is 34.3 Å². The Hall–Kier alpha value is -6.13. The van der Waals surface area contributed by atoms with Gasteiger partial charge < -0.3 is 48.6 Å². The average Bonchev–Trinajstić information content (AvgIpc) is 3.50. The van der Waals surface area contributed by atoms with E-state index < -0.39 is 47.5 Å². The first kappa shape index (κ1) is 37.3. The number of aryl methyl sites for hydroxylation is 1. The van der Waals surface area contributed by atoms with E-state index >= 15 is 0 Å². The number of anilines is 3. The number of allylic oxidation sites excluding steroid dienone is 1. The van der Waals surface area contributed by atoms with Gasteiger partial charge in [-0.25, -0.2) is 14.0 Å². The third-order valence-electron chi connectivity index (χ3n) is 6.79. The molecule has 0 saturated heterocycles. The first-order valence-electron chi connectivity index (χ1n) is 14.0. The van der Waals surface area contributed by atoms with Crippen LogP contribution < -0.4 is 34.0 Å². The Labute approximate surface area is 276 Å². The second-order valence-electron chi connectivity index (χ2n) is 10.6. The fraction of sp³-hybridized carbons (Fsp3) is 0.121. The number of carboxylic acid groups (broad SMARTS) is 2. The molecule has 12 nitrogen and oxygen atoms in total. The third-order valence-corrected chi connectivity index (χ3v) is 6.79. The molecule has 4 aromatic rings. The SMILES string of the molecule is Cc1cc(N)ccc1-c1ccoc1C(=O)O.NC1=C(C(F)(F)F)CC(N)(N)C=C1.Nc1ccc(NC(=O)c2ccccc2F)c(C(=O)O)c1. The lowest BCUT2D eigenvalue weighted by atomic mass is 9.93. The number of hydrogen-bond acceptors (Lipinski definition) is 9. The Morgan fingerprint density at radius 2 is 1.49 bits per heavy atom. The van der Waals surface area contributed by atoms with E-state index in [2.05, 4.69) is 5.32 Å². The highest BCUT2D eigenvalue weighted by Crippen LogP contribution is 2.34. The predicted molar refractivity (Wildman–Crippen MR) is 175 cm³/mol. The number of nitrogen functional groups attached to an aromatic ring is 2. The van der Waals surface area contributed by atoms with E-state index in [1.54, 1.807) is 24.3 Å². The van der Waals surface area contributed by atoms with Crippen LogP contribution in [-0.2, 0) is 0 Å². The van der Waals surface area contributed by atoms with Crippen molar-refractivity contribution >= 4 is 34.9 Å². The summed E-state index contributed by atoms with van der Waals surface area (Å²) in [4.78, 5) is 33.9. The smallest absolute Gasteiger partial charge is 0.414 e. The topological polar surface area (TPSA) is 247 Å². The molecule has 0 spiro atoms. The molecule has 3 aromatic carbocycles. The van der Waals surface area contributed by atoms with Gasteiger partial charge in [-0.05, 0) is 78.7 Å². The quantitative estimate of drug-likeness (QED) is 0.0768. The highest BCUT2D eigenvalue weighted by molar-refractivity contribution is 6.08. The number of aromatic carboxylic acids is 2. The van der Waals surface area contributed by atoms with Crippen molar-refractivity contribution in [3.63, 3.8) is 0 Å². The van der Waals surface area contributed by atoms with E-state index in [9.17, 15) is 31.9 Å². The predicted octanol–water partition coefficient (Wildman–Crippen LogP) is 5.23. The number of nitrogens with one attached hydrogen (secondary N) is 1. The van der Waals surface area contributed by atoms with Gasteiger partial charge in [0.2, 0.25) is 5.76 Å². The van der Waals surface area contributed by atoms with Gasteiger partial charge in [-0.3, -0.25) is 4.79 Å². The van der Waals surface area contributed by atoms with Gasteiger partial charge in [-0.1, -0.05) is 18.2 Å². The molecule has 258 valence electrons. The lowest BCUT2D eigenvalue weighted by Crippen LogP contribution is -2.50. The molecule has 1 heterocycles. The summed E-state index contributed by atoms with van der Waals surface area (Å²) in [5.41, 5.74) is 27.3. The Morgan fingerprint density at radius 1 is 0.857 bits per heavy atom. The summed E-state index contributed by atoms with van der Waals surface area (Å²) in [7, 11) is 0. The van der Waals surface area contributed by atoms with E-state index in [1.807, 2.05) is 6.92 Å². The highest BCUT2D eigenvalue weighted by Gasteiger charge is 2.40. The zero-order valence-corrected chi connectivity index (χ0v) is 25.7. The van der Waals surface area contributed by atoms with Crippen LogP contribution >= 0.6 is 0 Å². The molecule has 1 aliphatic rings. The van der Waals surface area contributed by atoms with Crippen molar-refractivity contribution in [1.82, 2.24) is 0 Å². The van der Waals surface area contributed by atoms with Gasteiger partial charge >= 0.3 is 18.1 Å². The molecule has 0 bridgehead atoms. The molecule has 0 radical (unpaired) electrons. The molecular weight excluding hydrogens is 652 g/mol. The molecule has 49 heavy (non-hydrogen) atoms. The molecule has 0 aliphatic heterocycles. The lowest BCUT2D eigenvalue weighted by Gasteiger charge is -2.27. The minimum atomic E-state index is -4.46. The minimum Gasteiger partial charge on any atom is -0.478 e. The van der Waals surface area contributed by atoms with Crippen LogP contribution in [0.1, 0.15) is 43.3 Å². The number of carbonyl (C=O) groups is 3. The standard InChI is InChI=1S/C14H11FN2O3.C12H11NO3.C7H10F3N3/c15-11-4-2-1-3-9(11)13(18)17-12-6-5-8(16)7-10(12)14(19)20;1-7-6-8(13)2-3-9(7)10-4-5-16-11(10)12(14)15;8-7(9,10)4-3-6(12,13)2-1-5(4)11/h1-7H,16H2,(H,17,18)(H,19,20);2-6H,13H2,1H3,(H,14,15);1-2H,3,11-13H2. The minimum absolute atomic E-state index is 0.0483. The maximum Gasteiger partial charge on any atom is 0.414 e. The number of benzene rings is 3. The maximum absolute atomic E-state index is 13.5. The van der Waals surface area contributed by atoms with Crippen molar-refractivity contribution in [2.24, 2.45) is 17.2 Å². The summed E-state index contributed by atoms with van der Waals surface area (Å²) < 4.78 is 55.2. The summed E-state index contributed by atoms with van der Waals surface area (Å²) in [5, 5.41) is 20.4. The largest absolute Gasteiger partial charge is 0.478 e. The molecule has 5 rings (SSSR count). The fourth-order valence-corrected chi connectivity index (χ4v) is 4.44. The molecule has 0 saturated carbocycles. The van der Waals surface area contributed by atoms with Crippen molar-refractivity contribution in [2.75, 3.05) is 16.8 Å². The van der Waals surface area contributed by atoms with Crippen molar-refractivity contribution < 1.29 is 46.6 Å². The van der Waals surface area contributed by atoms with E-state index in [0.29, 0.717) is 11.3 Å². The normalized spacial score (nSPS) is 13.4. The molecule has 13 N–H and O–H groups in total. The van der Waals surface area contributed by atoms with Crippen LogP contribution in [0.4, 0.5) is 34.6 Å². The number of hydrogen-bond donors (Lipinski definition) is 8. The molecule has 0 fully saturated rings. The van der Waals surface area contributed by atoms with Crippen LogP contribution in [0.5, 0.6) is 0 Å². The van der Waals surface area contributed by atoms with Gasteiger partial charge in [0, 0.05) is 29.1 Å². The monoisotopic (exact) mass is 684 g/mol.